The first-order valence-corrected chi connectivity index (χ1v) is 12.9. The van der Waals surface area contributed by atoms with Gasteiger partial charge in [0.2, 0.25) is 5.88 Å². The minimum Gasteiger partial charge on any atom is -0.438 e. The summed E-state index contributed by atoms with van der Waals surface area (Å²) >= 11 is 0. The third-order valence-electron chi connectivity index (χ3n) is 5.79. The molecule has 7 nitrogen and oxygen atoms in total. The van der Waals surface area contributed by atoms with E-state index in [1.165, 1.54) is 12.1 Å². The number of hydrogen-bond donors (Lipinski definition) is 2. The normalized spacial score (nSPS) is 15.2. The third kappa shape index (κ3) is 5.85. The SMILES string of the molecule is CCCNS(=O)(=O)NC1(c2cccc(-c3cc(Oc4ccc(C(F)(F)F)cc4)nn3CC)c2)CC1. The second-order valence-electron chi connectivity index (χ2n) is 8.47. The molecule has 0 radical (unpaired) electrons. The Morgan fingerprint density at radius 1 is 1.09 bits per heavy atom. The van der Waals surface area contributed by atoms with Gasteiger partial charge in [-0.2, -0.15) is 26.3 Å². The molecule has 0 amide bonds. The lowest BCUT2D eigenvalue weighted by Gasteiger charge is -2.19. The number of halogens is 3. The first-order valence-electron chi connectivity index (χ1n) is 11.4. The molecule has 11 heteroatoms. The second kappa shape index (κ2) is 9.63. The predicted molar refractivity (Wildman–Crippen MR) is 126 cm³/mol. The third-order valence-corrected chi connectivity index (χ3v) is 7.04. The van der Waals surface area contributed by atoms with E-state index in [9.17, 15) is 21.6 Å². The summed E-state index contributed by atoms with van der Waals surface area (Å²) in [6, 6.07) is 13.7. The Morgan fingerprint density at radius 3 is 2.40 bits per heavy atom. The zero-order valence-corrected chi connectivity index (χ0v) is 20.2. The molecule has 1 aliphatic carbocycles. The highest BCUT2D eigenvalue weighted by Gasteiger charge is 2.47. The van der Waals surface area contributed by atoms with E-state index in [1.54, 1.807) is 10.7 Å². The molecule has 188 valence electrons. The van der Waals surface area contributed by atoms with Crippen molar-refractivity contribution in [2.75, 3.05) is 6.54 Å². The van der Waals surface area contributed by atoms with Crippen LogP contribution in [0.25, 0.3) is 11.3 Å². The van der Waals surface area contributed by atoms with E-state index in [0.717, 1.165) is 29.0 Å². The monoisotopic (exact) mass is 508 g/mol. The molecule has 2 N–H and O–H groups in total. The van der Waals surface area contributed by atoms with Crippen molar-refractivity contribution in [1.29, 1.82) is 0 Å². The van der Waals surface area contributed by atoms with Crippen molar-refractivity contribution in [1.82, 2.24) is 19.2 Å². The number of aromatic nitrogens is 2. The standard InChI is InChI=1S/C24H27F3N4O3S/c1-3-14-28-35(32,33)30-23(12-13-23)19-7-5-6-17(15-19)21-16-22(29-31(21)4-2)34-20-10-8-18(9-11-20)24(25,26)27/h5-11,15-16,28,30H,3-4,12-14H2,1-2H3. The van der Waals surface area contributed by atoms with Gasteiger partial charge in [-0.05, 0) is 62.1 Å². The summed E-state index contributed by atoms with van der Waals surface area (Å²) in [5.41, 5.74) is 1.03. The highest BCUT2D eigenvalue weighted by Crippen LogP contribution is 2.47. The van der Waals surface area contributed by atoms with Crippen molar-refractivity contribution in [2.24, 2.45) is 0 Å². The number of rotatable bonds is 10. The minimum absolute atomic E-state index is 0.241. The number of benzene rings is 2. The molecule has 1 aromatic heterocycles. The van der Waals surface area contributed by atoms with Crippen LogP contribution < -0.4 is 14.2 Å². The van der Waals surface area contributed by atoms with Gasteiger partial charge in [0.1, 0.15) is 5.75 Å². The van der Waals surface area contributed by atoms with Gasteiger partial charge in [-0.25, -0.2) is 4.72 Å². The van der Waals surface area contributed by atoms with E-state index in [0.29, 0.717) is 32.4 Å². The molecule has 0 unspecified atom stereocenters. The second-order valence-corrected chi connectivity index (χ2v) is 9.97. The quantitative estimate of drug-likeness (QED) is 0.394. The van der Waals surface area contributed by atoms with E-state index >= 15 is 0 Å². The van der Waals surface area contributed by atoms with Crippen molar-refractivity contribution in [2.45, 2.75) is 51.4 Å². The van der Waals surface area contributed by atoms with Crippen LogP contribution in [0.3, 0.4) is 0 Å². The molecule has 0 bridgehead atoms. The Balaban J connectivity index is 1.57. The summed E-state index contributed by atoms with van der Waals surface area (Å²) in [5, 5.41) is 4.42. The number of nitrogens with one attached hydrogen (secondary N) is 2. The zero-order valence-electron chi connectivity index (χ0n) is 19.4. The van der Waals surface area contributed by atoms with Crippen molar-refractivity contribution in [3.05, 3.63) is 65.7 Å². The van der Waals surface area contributed by atoms with E-state index in [4.69, 9.17) is 4.74 Å². The van der Waals surface area contributed by atoms with Gasteiger partial charge < -0.3 is 4.74 Å². The van der Waals surface area contributed by atoms with E-state index in [2.05, 4.69) is 14.5 Å². The van der Waals surface area contributed by atoms with Gasteiger partial charge in [-0.3, -0.25) is 4.68 Å². The average Bonchev–Trinajstić information content (AvgIpc) is 3.47. The molecular formula is C24H27F3N4O3S. The van der Waals surface area contributed by atoms with Crippen molar-refractivity contribution in [3.8, 4) is 22.9 Å². The van der Waals surface area contributed by atoms with Gasteiger partial charge in [0.15, 0.2) is 0 Å². The van der Waals surface area contributed by atoms with Crippen LogP contribution >= 0.6 is 0 Å². The Bertz CT molecular complexity index is 1280. The van der Waals surface area contributed by atoms with Gasteiger partial charge in [0.05, 0.1) is 16.8 Å². The smallest absolute Gasteiger partial charge is 0.416 e. The lowest BCUT2D eigenvalue weighted by Crippen LogP contribution is -2.43. The Hall–Kier alpha value is -2.89. The summed E-state index contributed by atoms with van der Waals surface area (Å²) < 4.78 is 76.0. The fourth-order valence-corrected chi connectivity index (χ4v) is 5.21. The van der Waals surface area contributed by atoms with E-state index < -0.39 is 27.5 Å². The first kappa shape index (κ1) is 25.2. The molecule has 3 aromatic rings. The molecular weight excluding hydrogens is 481 g/mol. The van der Waals surface area contributed by atoms with Crippen LogP contribution in [0, 0.1) is 0 Å². The molecule has 0 spiro atoms. The molecule has 0 aliphatic heterocycles. The highest BCUT2D eigenvalue weighted by atomic mass is 32.2. The fourth-order valence-electron chi connectivity index (χ4n) is 3.83. The first-order chi connectivity index (χ1) is 16.5. The van der Waals surface area contributed by atoms with Crippen LogP contribution in [0.1, 0.15) is 44.2 Å². The molecule has 4 rings (SSSR count). The summed E-state index contributed by atoms with van der Waals surface area (Å²) in [6.07, 6.45) is -2.33. The lowest BCUT2D eigenvalue weighted by atomic mass is 10.0. The Kier molecular flexibility index (Phi) is 6.94. The van der Waals surface area contributed by atoms with Crippen LogP contribution in [-0.4, -0.2) is 24.7 Å². The number of nitrogens with zero attached hydrogens (tertiary/aromatic N) is 2. The average molecular weight is 509 g/mol. The van der Waals surface area contributed by atoms with Crippen molar-refractivity contribution in [3.63, 3.8) is 0 Å². The summed E-state index contributed by atoms with van der Waals surface area (Å²) in [7, 11) is -3.63. The highest BCUT2D eigenvalue weighted by molar-refractivity contribution is 7.87. The molecule has 1 heterocycles. The number of ether oxygens (including phenoxy) is 1. The van der Waals surface area contributed by atoms with Gasteiger partial charge >= 0.3 is 6.18 Å². The minimum atomic E-state index is -4.42. The topological polar surface area (TPSA) is 85.2 Å². The van der Waals surface area contributed by atoms with Gasteiger partial charge in [0, 0.05) is 24.7 Å². The number of alkyl halides is 3. The maximum Gasteiger partial charge on any atom is 0.416 e. The summed E-state index contributed by atoms with van der Waals surface area (Å²) in [4.78, 5) is 0. The molecule has 1 aliphatic rings. The van der Waals surface area contributed by atoms with Crippen LogP contribution in [0.5, 0.6) is 11.6 Å². The van der Waals surface area contributed by atoms with E-state index in [1.807, 2.05) is 38.1 Å². The molecule has 1 saturated carbocycles. The van der Waals surface area contributed by atoms with Gasteiger partial charge in [0.25, 0.3) is 10.2 Å². The van der Waals surface area contributed by atoms with Gasteiger partial charge in [-0.1, -0.05) is 25.1 Å². The maximum atomic E-state index is 12.8. The molecule has 1 fully saturated rings. The largest absolute Gasteiger partial charge is 0.438 e. The van der Waals surface area contributed by atoms with Crippen molar-refractivity contribution < 1.29 is 26.3 Å². The molecule has 35 heavy (non-hydrogen) atoms. The fraction of sp³-hybridized carbons (Fsp3) is 0.375. The van der Waals surface area contributed by atoms with Crippen LogP contribution in [-0.2, 0) is 28.5 Å². The van der Waals surface area contributed by atoms with Crippen LogP contribution in [0.4, 0.5) is 13.2 Å². The lowest BCUT2D eigenvalue weighted by molar-refractivity contribution is -0.137. The van der Waals surface area contributed by atoms with Crippen LogP contribution in [0.15, 0.2) is 54.6 Å². The molecule has 0 saturated heterocycles. The Morgan fingerprint density at radius 2 is 1.80 bits per heavy atom. The predicted octanol–water partition coefficient (Wildman–Crippen LogP) is 5.20. The maximum absolute atomic E-state index is 12.8. The van der Waals surface area contributed by atoms with Crippen LogP contribution in [0.2, 0.25) is 0 Å². The Labute approximate surface area is 202 Å². The summed E-state index contributed by atoms with van der Waals surface area (Å²) in [6.45, 7) is 4.71. The molecule has 0 atom stereocenters. The van der Waals surface area contributed by atoms with E-state index in [-0.39, 0.29) is 11.6 Å². The zero-order chi connectivity index (χ0) is 25.3. The number of aryl methyl sites for hydroxylation is 1. The molecule has 2 aromatic carbocycles. The number of hydrogen-bond acceptors (Lipinski definition) is 4. The summed E-state index contributed by atoms with van der Waals surface area (Å²) in [5.74, 6) is 0.489. The van der Waals surface area contributed by atoms with Gasteiger partial charge in [-0.15, -0.1) is 5.10 Å². The van der Waals surface area contributed by atoms with Crippen molar-refractivity contribution >= 4 is 10.2 Å².